The first kappa shape index (κ1) is 15.3. The topological polar surface area (TPSA) is 48.4 Å². The molecule has 2 heterocycles. The molecule has 22 heavy (non-hydrogen) atoms. The van der Waals surface area contributed by atoms with Crippen molar-refractivity contribution in [3.63, 3.8) is 0 Å². The summed E-state index contributed by atoms with van der Waals surface area (Å²) in [5.74, 6) is 0.467. The summed E-state index contributed by atoms with van der Waals surface area (Å²) in [7, 11) is 0. The van der Waals surface area contributed by atoms with Crippen LogP contribution in [0.3, 0.4) is 0 Å². The lowest BCUT2D eigenvalue weighted by molar-refractivity contribution is 0.203. The Labute approximate surface area is 135 Å². The Balaban J connectivity index is 1.67. The standard InChI is InChI=1S/C17H23N3OS/c1-13-12-22-17(19-13)10-18-15-4-2-3-5-16(15)20-8-6-14(11-21)7-9-20/h2-5,12,14,18,21H,6-11H2,1H3. The Morgan fingerprint density at radius 3 is 2.77 bits per heavy atom. The van der Waals surface area contributed by atoms with Crippen LogP contribution in [0, 0.1) is 12.8 Å². The van der Waals surface area contributed by atoms with Gasteiger partial charge in [-0.05, 0) is 37.8 Å². The van der Waals surface area contributed by atoms with E-state index in [0.717, 1.165) is 48.9 Å². The Morgan fingerprint density at radius 2 is 2.09 bits per heavy atom. The Kier molecular flexibility index (Phi) is 4.95. The van der Waals surface area contributed by atoms with Gasteiger partial charge in [0, 0.05) is 30.8 Å². The van der Waals surface area contributed by atoms with Crippen molar-refractivity contribution in [3.8, 4) is 0 Å². The van der Waals surface area contributed by atoms with Crippen molar-refractivity contribution in [2.45, 2.75) is 26.3 Å². The maximum atomic E-state index is 9.28. The molecule has 2 aromatic rings. The van der Waals surface area contributed by atoms with E-state index in [1.54, 1.807) is 11.3 Å². The number of aryl methyl sites for hydroxylation is 1. The highest BCUT2D eigenvalue weighted by Crippen LogP contribution is 2.30. The third-order valence-electron chi connectivity index (χ3n) is 4.21. The number of hydrogen-bond acceptors (Lipinski definition) is 5. The number of thiazole rings is 1. The number of anilines is 2. The van der Waals surface area contributed by atoms with Crippen LogP contribution < -0.4 is 10.2 Å². The molecular formula is C17H23N3OS. The molecule has 1 fully saturated rings. The second-order valence-corrected chi connectivity index (χ2v) is 6.81. The van der Waals surface area contributed by atoms with E-state index in [1.807, 2.05) is 6.92 Å². The average molecular weight is 317 g/mol. The summed E-state index contributed by atoms with van der Waals surface area (Å²) in [6.07, 6.45) is 2.13. The van der Waals surface area contributed by atoms with E-state index in [0.29, 0.717) is 12.5 Å². The summed E-state index contributed by atoms with van der Waals surface area (Å²) >= 11 is 1.70. The SMILES string of the molecule is Cc1csc(CNc2ccccc2N2CCC(CO)CC2)n1. The second-order valence-electron chi connectivity index (χ2n) is 5.87. The molecule has 0 unspecified atom stereocenters. The fraction of sp³-hybridized carbons (Fsp3) is 0.471. The van der Waals surface area contributed by atoms with Gasteiger partial charge in [-0.1, -0.05) is 12.1 Å². The number of aromatic nitrogens is 1. The zero-order valence-electron chi connectivity index (χ0n) is 13.0. The predicted molar refractivity (Wildman–Crippen MR) is 92.6 cm³/mol. The molecule has 1 aliphatic rings. The largest absolute Gasteiger partial charge is 0.396 e. The minimum absolute atomic E-state index is 0.317. The van der Waals surface area contributed by atoms with E-state index in [2.05, 4.69) is 44.8 Å². The van der Waals surface area contributed by atoms with Crippen LogP contribution >= 0.6 is 11.3 Å². The van der Waals surface area contributed by atoms with E-state index in [9.17, 15) is 5.11 Å². The van der Waals surface area contributed by atoms with Gasteiger partial charge >= 0.3 is 0 Å². The lowest BCUT2D eigenvalue weighted by Gasteiger charge is -2.34. The molecule has 118 valence electrons. The van der Waals surface area contributed by atoms with Crippen LogP contribution in [0.2, 0.25) is 0 Å². The summed E-state index contributed by atoms with van der Waals surface area (Å²) in [6, 6.07) is 8.47. The number of piperidine rings is 1. The Hall–Kier alpha value is -1.59. The van der Waals surface area contributed by atoms with E-state index in [-0.39, 0.29) is 0 Å². The maximum absolute atomic E-state index is 9.28. The quantitative estimate of drug-likeness (QED) is 0.888. The first-order valence-corrected chi connectivity index (χ1v) is 8.74. The highest BCUT2D eigenvalue weighted by molar-refractivity contribution is 7.09. The third-order valence-corrected chi connectivity index (χ3v) is 5.18. The van der Waals surface area contributed by atoms with Gasteiger partial charge in [-0.3, -0.25) is 0 Å². The molecule has 1 saturated heterocycles. The van der Waals surface area contributed by atoms with Gasteiger partial charge in [0.25, 0.3) is 0 Å². The lowest BCUT2D eigenvalue weighted by Crippen LogP contribution is -2.35. The molecule has 0 aliphatic carbocycles. The molecule has 0 saturated carbocycles. The molecule has 1 aromatic heterocycles. The Morgan fingerprint density at radius 1 is 1.32 bits per heavy atom. The zero-order valence-corrected chi connectivity index (χ0v) is 13.8. The van der Waals surface area contributed by atoms with Crippen molar-refractivity contribution < 1.29 is 5.11 Å². The number of para-hydroxylation sites is 2. The molecule has 5 heteroatoms. The van der Waals surface area contributed by atoms with Crippen LogP contribution in [0.5, 0.6) is 0 Å². The maximum Gasteiger partial charge on any atom is 0.112 e. The summed E-state index contributed by atoms with van der Waals surface area (Å²) in [5, 5.41) is 16.0. The fourth-order valence-corrected chi connectivity index (χ4v) is 3.62. The minimum atomic E-state index is 0.317. The molecule has 1 aliphatic heterocycles. The fourth-order valence-electron chi connectivity index (χ4n) is 2.91. The van der Waals surface area contributed by atoms with Gasteiger partial charge in [0.15, 0.2) is 0 Å². The molecule has 1 aromatic carbocycles. The van der Waals surface area contributed by atoms with Gasteiger partial charge in [0.05, 0.1) is 17.9 Å². The highest BCUT2D eigenvalue weighted by atomic mass is 32.1. The summed E-state index contributed by atoms with van der Waals surface area (Å²) < 4.78 is 0. The first-order chi connectivity index (χ1) is 10.8. The average Bonchev–Trinajstić information content (AvgIpc) is 2.99. The van der Waals surface area contributed by atoms with Crippen molar-refractivity contribution in [1.29, 1.82) is 0 Å². The number of aliphatic hydroxyl groups is 1. The van der Waals surface area contributed by atoms with Crippen molar-refractivity contribution in [2.24, 2.45) is 5.92 Å². The van der Waals surface area contributed by atoms with E-state index in [4.69, 9.17) is 0 Å². The summed E-state index contributed by atoms with van der Waals surface area (Å²) in [4.78, 5) is 6.92. The van der Waals surface area contributed by atoms with Crippen LogP contribution in [-0.4, -0.2) is 29.8 Å². The normalized spacial score (nSPS) is 16.0. The smallest absolute Gasteiger partial charge is 0.112 e. The molecule has 2 N–H and O–H groups in total. The van der Waals surface area contributed by atoms with E-state index in [1.165, 1.54) is 5.69 Å². The number of hydrogen-bond donors (Lipinski definition) is 2. The minimum Gasteiger partial charge on any atom is -0.396 e. The molecule has 0 amide bonds. The predicted octanol–water partition coefficient (Wildman–Crippen LogP) is 3.27. The molecule has 0 radical (unpaired) electrons. The van der Waals surface area contributed by atoms with Gasteiger partial charge in [0.1, 0.15) is 5.01 Å². The van der Waals surface area contributed by atoms with Crippen LogP contribution in [0.4, 0.5) is 11.4 Å². The molecule has 0 bridgehead atoms. The number of rotatable bonds is 5. The Bertz CT molecular complexity index is 605. The summed E-state index contributed by atoms with van der Waals surface area (Å²) in [6.45, 7) is 5.14. The van der Waals surface area contributed by atoms with Crippen molar-refractivity contribution in [2.75, 3.05) is 29.9 Å². The molecule has 0 atom stereocenters. The van der Waals surface area contributed by atoms with Crippen LogP contribution in [0.25, 0.3) is 0 Å². The number of aliphatic hydroxyl groups excluding tert-OH is 1. The first-order valence-electron chi connectivity index (χ1n) is 7.86. The van der Waals surface area contributed by atoms with Crippen LogP contribution in [0.15, 0.2) is 29.6 Å². The molecule has 3 rings (SSSR count). The highest BCUT2D eigenvalue weighted by Gasteiger charge is 2.20. The van der Waals surface area contributed by atoms with Gasteiger partial charge in [-0.2, -0.15) is 0 Å². The molecular weight excluding hydrogens is 294 g/mol. The summed E-state index contributed by atoms with van der Waals surface area (Å²) in [5.41, 5.74) is 3.51. The van der Waals surface area contributed by atoms with Gasteiger partial charge in [-0.25, -0.2) is 4.98 Å². The number of nitrogens with one attached hydrogen (secondary N) is 1. The van der Waals surface area contributed by atoms with Crippen molar-refractivity contribution in [3.05, 3.63) is 40.3 Å². The lowest BCUT2D eigenvalue weighted by atomic mass is 9.97. The zero-order chi connectivity index (χ0) is 15.4. The monoisotopic (exact) mass is 317 g/mol. The van der Waals surface area contributed by atoms with Gasteiger partial charge in [-0.15, -0.1) is 11.3 Å². The van der Waals surface area contributed by atoms with Gasteiger partial charge in [0.2, 0.25) is 0 Å². The molecule has 0 spiro atoms. The van der Waals surface area contributed by atoms with E-state index < -0.39 is 0 Å². The van der Waals surface area contributed by atoms with Gasteiger partial charge < -0.3 is 15.3 Å². The second kappa shape index (κ2) is 7.11. The van der Waals surface area contributed by atoms with Crippen molar-refractivity contribution >= 4 is 22.7 Å². The molecule has 4 nitrogen and oxygen atoms in total. The third kappa shape index (κ3) is 3.59. The van der Waals surface area contributed by atoms with Crippen LogP contribution in [-0.2, 0) is 6.54 Å². The number of nitrogens with zero attached hydrogens (tertiary/aromatic N) is 2. The van der Waals surface area contributed by atoms with Crippen LogP contribution in [0.1, 0.15) is 23.5 Å². The number of benzene rings is 1. The van der Waals surface area contributed by atoms with Crippen molar-refractivity contribution in [1.82, 2.24) is 4.98 Å². The van der Waals surface area contributed by atoms with E-state index >= 15 is 0 Å².